The van der Waals surface area contributed by atoms with Gasteiger partial charge in [-0.25, -0.2) is 0 Å². The number of hydrogen-bond donors (Lipinski definition) is 1. The lowest BCUT2D eigenvalue weighted by molar-refractivity contribution is -0.137. The van der Waals surface area contributed by atoms with Crippen LogP contribution in [-0.4, -0.2) is 58.8 Å². The van der Waals surface area contributed by atoms with Gasteiger partial charge in [-0.3, -0.25) is 9.69 Å². The van der Waals surface area contributed by atoms with Gasteiger partial charge in [0.1, 0.15) is 0 Å². The molecular formula is C12H19N3O3. The molecule has 2 rings (SSSR count). The minimum Gasteiger partial charge on any atom is -0.481 e. The summed E-state index contributed by atoms with van der Waals surface area (Å²) < 4.78 is 5.19. The maximum atomic E-state index is 10.5. The molecule has 1 N–H and O–H groups in total. The van der Waals surface area contributed by atoms with Gasteiger partial charge in [-0.05, 0) is 6.92 Å². The zero-order chi connectivity index (χ0) is 13.0. The molecule has 1 aliphatic heterocycles. The molecule has 0 saturated carbocycles. The number of carbonyl (C=O) groups is 1. The highest BCUT2D eigenvalue weighted by Gasteiger charge is 2.18. The third kappa shape index (κ3) is 3.82. The van der Waals surface area contributed by atoms with Crippen LogP contribution in [-0.2, 0) is 11.3 Å². The molecule has 100 valence electrons. The summed E-state index contributed by atoms with van der Waals surface area (Å²) in [5.74, 6) is 0.168. The van der Waals surface area contributed by atoms with Gasteiger partial charge in [-0.15, -0.1) is 0 Å². The van der Waals surface area contributed by atoms with Crippen LogP contribution in [0.1, 0.15) is 17.9 Å². The van der Waals surface area contributed by atoms with Gasteiger partial charge >= 0.3 is 5.97 Å². The van der Waals surface area contributed by atoms with Gasteiger partial charge in [0, 0.05) is 38.8 Å². The molecule has 6 heteroatoms. The highest BCUT2D eigenvalue weighted by Crippen LogP contribution is 2.09. The molecule has 1 aromatic rings. The molecule has 6 nitrogen and oxygen atoms in total. The summed E-state index contributed by atoms with van der Waals surface area (Å²) in [6, 6.07) is 1.96. The zero-order valence-electron chi connectivity index (χ0n) is 10.6. The Morgan fingerprint density at radius 3 is 2.61 bits per heavy atom. The lowest BCUT2D eigenvalue weighted by Crippen LogP contribution is -2.46. The Morgan fingerprint density at radius 2 is 2.06 bits per heavy atom. The first kappa shape index (κ1) is 13.0. The number of hydrogen-bond acceptors (Lipinski definition) is 5. The minimum atomic E-state index is -0.727. The second kappa shape index (κ2) is 5.97. The molecular weight excluding hydrogens is 234 g/mol. The Bertz CT molecular complexity index is 397. The molecule has 0 aliphatic carbocycles. The Balaban J connectivity index is 1.71. The Morgan fingerprint density at radius 1 is 1.39 bits per heavy atom. The summed E-state index contributed by atoms with van der Waals surface area (Å²) in [5, 5.41) is 12.5. The van der Waals surface area contributed by atoms with Crippen molar-refractivity contribution in [2.24, 2.45) is 0 Å². The fraction of sp³-hybridized carbons (Fsp3) is 0.667. The summed E-state index contributed by atoms with van der Waals surface area (Å²) in [5.41, 5.74) is 0.907. The second-order valence-corrected chi connectivity index (χ2v) is 4.70. The summed E-state index contributed by atoms with van der Waals surface area (Å²) in [4.78, 5) is 15.0. The Labute approximate surface area is 106 Å². The van der Waals surface area contributed by atoms with E-state index in [1.807, 2.05) is 13.0 Å². The second-order valence-electron chi connectivity index (χ2n) is 4.70. The lowest BCUT2D eigenvalue weighted by atomic mass is 10.2. The SMILES string of the molecule is Cc1cc(CN2CCN(CCC(=O)O)CC2)on1. The van der Waals surface area contributed by atoms with E-state index in [1.54, 1.807) is 0 Å². The van der Waals surface area contributed by atoms with E-state index in [9.17, 15) is 4.79 Å². The molecule has 18 heavy (non-hydrogen) atoms. The Kier molecular flexibility index (Phi) is 4.33. The van der Waals surface area contributed by atoms with Gasteiger partial charge in [0.2, 0.25) is 0 Å². The van der Waals surface area contributed by atoms with Crippen molar-refractivity contribution < 1.29 is 14.4 Å². The average Bonchev–Trinajstić information content (AvgIpc) is 2.74. The Hall–Kier alpha value is -1.40. The van der Waals surface area contributed by atoms with Crippen molar-refractivity contribution in [2.75, 3.05) is 32.7 Å². The van der Waals surface area contributed by atoms with Crippen LogP contribution in [0.2, 0.25) is 0 Å². The van der Waals surface area contributed by atoms with Crippen molar-refractivity contribution in [1.82, 2.24) is 15.0 Å². The number of nitrogens with zero attached hydrogens (tertiary/aromatic N) is 3. The van der Waals surface area contributed by atoms with Crippen molar-refractivity contribution in [1.29, 1.82) is 0 Å². The fourth-order valence-corrected chi connectivity index (χ4v) is 2.14. The third-order valence-electron chi connectivity index (χ3n) is 3.16. The minimum absolute atomic E-state index is 0.224. The predicted octanol–water partition coefficient (Wildman–Crippen LogP) is 0.575. The molecule has 0 aromatic carbocycles. The summed E-state index contributed by atoms with van der Waals surface area (Å²) in [7, 11) is 0. The number of carboxylic acids is 1. The van der Waals surface area contributed by atoms with E-state index in [0.717, 1.165) is 44.2 Å². The molecule has 0 atom stereocenters. The third-order valence-corrected chi connectivity index (χ3v) is 3.16. The van der Waals surface area contributed by atoms with Gasteiger partial charge in [0.25, 0.3) is 0 Å². The van der Waals surface area contributed by atoms with Crippen LogP contribution in [0.4, 0.5) is 0 Å². The molecule has 1 fully saturated rings. The topological polar surface area (TPSA) is 69.8 Å². The van der Waals surface area contributed by atoms with Gasteiger partial charge in [0.05, 0.1) is 18.7 Å². The maximum Gasteiger partial charge on any atom is 0.304 e. The van der Waals surface area contributed by atoms with Crippen LogP contribution in [0, 0.1) is 6.92 Å². The number of piperazine rings is 1. The van der Waals surface area contributed by atoms with Crippen LogP contribution in [0.25, 0.3) is 0 Å². The van der Waals surface area contributed by atoms with E-state index >= 15 is 0 Å². The van der Waals surface area contributed by atoms with Gasteiger partial charge in [-0.1, -0.05) is 5.16 Å². The quantitative estimate of drug-likeness (QED) is 0.827. The fourth-order valence-electron chi connectivity index (χ4n) is 2.14. The summed E-state index contributed by atoms with van der Waals surface area (Å²) >= 11 is 0. The number of aromatic nitrogens is 1. The van der Waals surface area contributed by atoms with Crippen molar-refractivity contribution in [2.45, 2.75) is 19.9 Å². The molecule has 2 heterocycles. The van der Waals surface area contributed by atoms with E-state index in [1.165, 1.54) is 0 Å². The largest absolute Gasteiger partial charge is 0.481 e. The molecule has 1 aromatic heterocycles. The van der Waals surface area contributed by atoms with Gasteiger partial charge in [-0.2, -0.15) is 0 Å². The van der Waals surface area contributed by atoms with Crippen LogP contribution < -0.4 is 0 Å². The van der Waals surface area contributed by atoms with E-state index in [-0.39, 0.29) is 6.42 Å². The lowest BCUT2D eigenvalue weighted by Gasteiger charge is -2.33. The van der Waals surface area contributed by atoms with Crippen molar-refractivity contribution >= 4 is 5.97 Å². The highest BCUT2D eigenvalue weighted by molar-refractivity contribution is 5.66. The number of aryl methyl sites for hydroxylation is 1. The van der Waals surface area contributed by atoms with Crippen molar-refractivity contribution in [3.05, 3.63) is 17.5 Å². The summed E-state index contributed by atoms with van der Waals surface area (Å²) in [6.07, 6.45) is 0.224. The van der Waals surface area contributed by atoms with E-state index in [0.29, 0.717) is 6.54 Å². The van der Waals surface area contributed by atoms with Crippen molar-refractivity contribution in [3.63, 3.8) is 0 Å². The van der Waals surface area contributed by atoms with E-state index in [4.69, 9.17) is 9.63 Å². The first-order chi connectivity index (χ1) is 8.63. The molecule has 0 spiro atoms. The van der Waals surface area contributed by atoms with Crippen LogP contribution in [0.15, 0.2) is 10.6 Å². The van der Waals surface area contributed by atoms with Crippen LogP contribution >= 0.6 is 0 Å². The number of aliphatic carboxylic acids is 1. The molecule has 1 saturated heterocycles. The highest BCUT2D eigenvalue weighted by atomic mass is 16.5. The van der Waals surface area contributed by atoms with Crippen LogP contribution in [0.3, 0.4) is 0 Å². The number of rotatable bonds is 5. The molecule has 0 radical (unpaired) electrons. The average molecular weight is 253 g/mol. The molecule has 0 bridgehead atoms. The zero-order valence-corrected chi connectivity index (χ0v) is 10.6. The van der Waals surface area contributed by atoms with Crippen LogP contribution in [0.5, 0.6) is 0 Å². The monoisotopic (exact) mass is 253 g/mol. The summed E-state index contributed by atoms with van der Waals surface area (Å²) in [6.45, 7) is 7.06. The maximum absolute atomic E-state index is 10.5. The predicted molar refractivity (Wildman–Crippen MR) is 65.2 cm³/mol. The van der Waals surface area contributed by atoms with Crippen molar-refractivity contribution in [3.8, 4) is 0 Å². The first-order valence-electron chi connectivity index (χ1n) is 6.22. The van der Waals surface area contributed by atoms with E-state index < -0.39 is 5.97 Å². The molecule has 0 unspecified atom stereocenters. The number of carboxylic acid groups (broad SMARTS) is 1. The standard InChI is InChI=1S/C12H19N3O3/c1-10-8-11(18-13-10)9-15-6-4-14(5-7-15)3-2-12(16)17/h8H,2-7,9H2,1H3,(H,16,17). The molecule has 1 aliphatic rings. The normalized spacial score (nSPS) is 18.1. The van der Waals surface area contributed by atoms with Gasteiger partial charge < -0.3 is 14.5 Å². The smallest absolute Gasteiger partial charge is 0.304 e. The first-order valence-corrected chi connectivity index (χ1v) is 6.22. The molecule has 0 amide bonds. The van der Waals surface area contributed by atoms with Gasteiger partial charge in [0.15, 0.2) is 5.76 Å². The van der Waals surface area contributed by atoms with E-state index in [2.05, 4.69) is 15.0 Å².